The molecule has 0 saturated heterocycles. The largest absolute Gasteiger partial charge is 0.481 e. The van der Waals surface area contributed by atoms with Gasteiger partial charge in [-0.3, -0.25) is 4.79 Å². The quantitative estimate of drug-likeness (QED) is 0.796. The van der Waals surface area contributed by atoms with E-state index in [1.165, 1.54) is 24.3 Å². The first-order valence-electron chi connectivity index (χ1n) is 7.11. The van der Waals surface area contributed by atoms with Crippen molar-refractivity contribution in [2.24, 2.45) is 0 Å². The highest BCUT2D eigenvalue weighted by Crippen LogP contribution is 2.25. The number of hydrogen-bond donors (Lipinski definition) is 2. The van der Waals surface area contributed by atoms with Crippen LogP contribution >= 0.6 is 11.6 Å². The fourth-order valence-electron chi connectivity index (χ4n) is 2.28. The van der Waals surface area contributed by atoms with Gasteiger partial charge < -0.3 is 15.1 Å². The molecule has 2 N–H and O–H groups in total. The third-order valence-corrected chi connectivity index (χ3v) is 3.76. The number of rotatable bonds is 7. The summed E-state index contributed by atoms with van der Waals surface area (Å²) in [5, 5.41) is 18.1. The van der Waals surface area contributed by atoms with Gasteiger partial charge in [-0.25, -0.2) is 9.18 Å². The highest BCUT2D eigenvalue weighted by molar-refractivity contribution is 6.31. The number of carboxylic acids is 2. The van der Waals surface area contributed by atoms with Crippen molar-refractivity contribution in [1.29, 1.82) is 0 Å². The Bertz CT molecular complexity index is 766. The summed E-state index contributed by atoms with van der Waals surface area (Å²) in [7, 11) is 0. The van der Waals surface area contributed by atoms with Crippen molar-refractivity contribution in [3.8, 4) is 0 Å². The van der Waals surface area contributed by atoms with Gasteiger partial charge in [-0.2, -0.15) is 0 Å². The van der Waals surface area contributed by atoms with Gasteiger partial charge >= 0.3 is 11.9 Å². The predicted molar refractivity (Wildman–Crippen MR) is 88.1 cm³/mol. The van der Waals surface area contributed by atoms with Gasteiger partial charge in [-0.05, 0) is 29.8 Å². The van der Waals surface area contributed by atoms with E-state index >= 15 is 0 Å². The predicted octanol–water partition coefficient (Wildman–Crippen LogP) is 3.66. The minimum absolute atomic E-state index is 0.0839. The van der Waals surface area contributed by atoms with Crippen LogP contribution in [0.3, 0.4) is 0 Å². The molecular formula is C17H15ClFNO4. The van der Waals surface area contributed by atoms with Crippen molar-refractivity contribution in [3.63, 3.8) is 0 Å². The fraction of sp³-hybridized carbons (Fsp3) is 0.176. The van der Waals surface area contributed by atoms with Crippen LogP contribution in [0.1, 0.15) is 22.3 Å². The maximum Gasteiger partial charge on any atom is 0.336 e. The minimum Gasteiger partial charge on any atom is -0.481 e. The lowest BCUT2D eigenvalue weighted by Gasteiger charge is -2.25. The smallest absolute Gasteiger partial charge is 0.336 e. The fourth-order valence-corrected chi connectivity index (χ4v) is 2.46. The van der Waals surface area contributed by atoms with Crippen molar-refractivity contribution in [2.75, 3.05) is 11.4 Å². The standard InChI is InChI=1S/C17H15ClFNO4/c18-14-9-12(5-6-15(14)19)20(8-7-16(21)22)10-11-3-1-2-4-13(11)17(23)24/h1-6,9H,7-8,10H2,(H,21,22)(H,23,24). The van der Waals surface area contributed by atoms with Gasteiger partial charge in [0.1, 0.15) is 5.82 Å². The molecule has 7 heteroatoms. The number of hydrogen-bond acceptors (Lipinski definition) is 3. The van der Waals surface area contributed by atoms with Crippen molar-refractivity contribution >= 4 is 29.2 Å². The lowest BCUT2D eigenvalue weighted by Crippen LogP contribution is -2.26. The van der Waals surface area contributed by atoms with E-state index < -0.39 is 17.8 Å². The monoisotopic (exact) mass is 351 g/mol. The van der Waals surface area contributed by atoms with Crippen LogP contribution in [0.5, 0.6) is 0 Å². The first kappa shape index (κ1) is 17.7. The molecule has 0 radical (unpaired) electrons. The van der Waals surface area contributed by atoms with Crippen LogP contribution in [0, 0.1) is 5.82 Å². The third kappa shape index (κ3) is 4.45. The van der Waals surface area contributed by atoms with E-state index in [9.17, 15) is 19.1 Å². The summed E-state index contributed by atoms with van der Waals surface area (Å²) in [5.41, 5.74) is 1.17. The number of aliphatic carboxylic acids is 1. The molecule has 126 valence electrons. The van der Waals surface area contributed by atoms with Crippen LogP contribution < -0.4 is 4.90 Å². The van der Waals surface area contributed by atoms with Crippen molar-refractivity contribution < 1.29 is 24.2 Å². The molecule has 0 aromatic heterocycles. The molecule has 0 aliphatic rings. The normalized spacial score (nSPS) is 10.4. The Morgan fingerprint density at radius 3 is 2.46 bits per heavy atom. The number of halogens is 2. The molecule has 5 nitrogen and oxygen atoms in total. The summed E-state index contributed by atoms with van der Waals surface area (Å²) >= 11 is 5.79. The van der Waals surface area contributed by atoms with Crippen LogP contribution in [0.2, 0.25) is 5.02 Å². The molecule has 0 aliphatic carbocycles. The maximum atomic E-state index is 13.4. The molecule has 0 fully saturated rings. The van der Waals surface area contributed by atoms with E-state index in [4.69, 9.17) is 16.7 Å². The van der Waals surface area contributed by atoms with Crippen LogP contribution in [0.25, 0.3) is 0 Å². The topological polar surface area (TPSA) is 77.8 Å². The van der Waals surface area contributed by atoms with Crippen LogP contribution in [0.4, 0.5) is 10.1 Å². The van der Waals surface area contributed by atoms with Crippen molar-refractivity contribution in [1.82, 2.24) is 0 Å². The average molecular weight is 352 g/mol. The van der Waals surface area contributed by atoms with Crippen LogP contribution in [-0.2, 0) is 11.3 Å². The summed E-state index contributed by atoms with van der Waals surface area (Å²) in [6.45, 7) is 0.295. The lowest BCUT2D eigenvalue weighted by molar-refractivity contribution is -0.136. The Balaban J connectivity index is 2.34. The van der Waals surface area contributed by atoms with E-state index in [1.807, 2.05) is 0 Å². The van der Waals surface area contributed by atoms with E-state index in [1.54, 1.807) is 23.1 Å². The number of aromatic carboxylic acids is 1. The first-order valence-corrected chi connectivity index (χ1v) is 7.49. The Morgan fingerprint density at radius 1 is 1.12 bits per heavy atom. The average Bonchev–Trinajstić information content (AvgIpc) is 2.54. The van der Waals surface area contributed by atoms with E-state index in [2.05, 4.69) is 0 Å². The van der Waals surface area contributed by atoms with Crippen molar-refractivity contribution in [3.05, 3.63) is 64.4 Å². The number of carboxylic acid groups (broad SMARTS) is 2. The van der Waals surface area contributed by atoms with Gasteiger partial charge in [0.15, 0.2) is 0 Å². The molecule has 2 aromatic carbocycles. The molecule has 0 aliphatic heterocycles. The Morgan fingerprint density at radius 2 is 1.83 bits per heavy atom. The minimum atomic E-state index is -1.07. The van der Waals surface area contributed by atoms with Crippen LogP contribution in [-0.4, -0.2) is 28.7 Å². The van der Waals surface area contributed by atoms with Crippen LogP contribution in [0.15, 0.2) is 42.5 Å². The van der Waals surface area contributed by atoms with Gasteiger partial charge in [0, 0.05) is 18.8 Å². The molecular weight excluding hydrogens is 337 g/mol. The number of nitrogens with zero attached hydrogens (tertiary/aromatic N) is 1. The van der Waals surface area contributed by atoms with Gasteiger partial charge in [0.25, 0.3) is 0 Å². The summed E-state index contributed by atoms with van der Waals surface area (Å²) in [5.74, 6) is -2.63. The molecule has 0 heterocycles. The Hall–Kier alpha value is -2.60. The van der Waals surface area contributed by atoms with Gasteiger partial charge in [0.2, 0.25) is 0 Å². The van der Waals surface area contributed by atoms with E-state index in [0.717, 1.165) is 0 Å². The molecule has 0 unspecified atom stereocenters. The van der Waals surface area contributed by atoms with Crippen molar-refractivity contribution in [2.45, 2.75) is 13.0 Å². The summed E-state index contributed by atoms with van der Waals surface area (Å²) in [6, 6.07) is 10.5. The molecule has 24 heavy (non-hydrogen) atoms. The lowest BCUT2D eigenvalue weighted by atomic mass is 10.1. The van der Waals surface area contributed by atoms with E-state index in [-0.39, 0.29) is 30.1 Å². The summed E-state index contributed by atoms with van der Waals surface area (Å²) in [6.07, 6.45) is -0.149. The van der Waals surface area contributed by atoms with E-state index in [0.29, 0.717) is 11.3 Å². The van der Waals surface area contributed by atoms with Gasteiger partial charge in [0.05, 0.1) is 17.0 Å². The molecule has 0 amide bonds. The Kier molecular flexibility index (Phi) is 5.76. The molecule has 0 atom stereocenters. The maximum absolute atomic E-state index is 13.4. The first-order chi connectivity index (χ1) is 11.4. The van der Waals surface area contributed by atoms with Gasteiger partial charge in [-0.1, -0.05) is 29.8 Å². The molecule has 2 rings (SSSR count). The molecule has 0 bridgehead atoms. The zero-order chi connectivity index (χ0) is 17.7. The second-order valence-corrected chi connectivity index (χ2v) is 5.53. The number of carbonyl (C=O) groups is 2. The second-order valence-electron chi connectivity index (χ2n) is 5.13. The van der Waals surface area contributed by atoms with Gasteiger partial charge in [-0.15, -0.1) is 0 Å². The molecule has 2 aromatic rings. The zero-order valence-corrected chi connectivity index (χ0v) is 13.3. The third-order valence-electron chi connectivity index (χ3n) is 3.47. The SMILES string of the molecule is O=C(O)CCN(Cc1ccccc1C(=O)O)c1ccc(F)c(Cl)c1. The zero-order valence-electron chi connectivity index (χ0n) is 12.6. The highest BCUT2D eigenvalue weighted by Gasteiger charge is 2.15. The number of anilines is 1. The molecule has 0 spiro atoms. The Labute approximate surface area is 142 Å². The highest BCUT2D eigenvalue weighted by atomic mass is 35.5. The molecule has 0 saturated carbocycles. The summed E-state index contributed by atoms with van der Waals surface area (Å²) < 4.78 is 13.4. The summed E-state index contributed by atoms with van der Waals surface area (Å²) in [4.78, 5) is 23.9. The second kappa shape index (κ2) is 7.79. The number of benzene rings is 2.